The summed E-state index contributed by atoms with van der Waals surface area (Å²) in [6, 6.07) is 12.1. The predicted molar refractivity (Wildman–Crippen MR) is 165 cm³/mol. The summed E-state index contributed by atoms with van der Waals surface area (Å²) in [5.74, 6) is 0.843. The Morgan fingerprint density at radius 2 is 1.88 bits per heavy atom. The molecular weight excluding hydrogens is 548 g/mol. The van der Waals surface area contributed by atoms with Gasteiger partial charge in [-0.3, -0.25) is 19.0 Å². The third kappa shape index (κ3) is 4.60. The SMILES string of the molecule is COc1ccc2c(c1)C=C(c1c(C=O)cnn1C)Cn1c-2c(C2CCCCC2)c2ccc(C(=O)NS(=O)C3CC3)cc21. The Bertz CT molecular complexity index is 1790. The molecule has 1 aliphatic heterocycles. The zero-order chi connectivity index (χ0) is 29.0. The van der Waals surface area contributed by atoms with E-state index in [4.69, 9.17) is 4.74 Å². The first-order chi connectivity index (χ1) is 20.5. The molecule has 42 heavy (non-hydrogen) atoms. The van der Waals surface area contributed by atoms with Crippen LogP contribution in [0, 0.1) is 0 Å². The van der Waals surface area contributed by atoms with Crippen molar-refractivity contribution in [3.63, 3.8) is 0 Å². The van der Waals surface area contributed by atoms with Crippen molar-refractivity contribution >= 4 is 45.7 Å². The number of aldehydes is 1. The van der Waals surface area contributed by atoms with Crippen LogP contribution in [-0.4, -0.2) is 43.1 Å². The number of amides is 1. The average Bonchev–Trinajstić information content (AvgIpc) is 3.76. The lowest BCUT2D eigenvalue weighted by Gasteiger charge is -2.24. The highest BCUT2D eigenvalue weighted by molar-refractivity contribution is 7.84. The van der Waals surface area contributed by atoms with E-state index in [0.717, 1.165) is 76.7 Å². The zero-order valence-electron chi connectivity index (χ0n) is 23.9. The van der Waals surface area contributed by atoms with Gasteiger partial charge in [-0.2, -0.15) is 5.10 Å². The topological polar surface area (TPSA) is 95.2 Å². The number of rotatable bonds is 7. The molecule has 9 heteroatoms. The Kier molecular flexibility index (Phi) is 6.85. The number of nitrogens with one attached hydrogen (secondary N) is 1. The molecule has 7 rings (SSSR count). The Labute approximate surface area is 247 Å². The van der Waals surface area contributed by atoms with Crippen molar-refractivity contribution in [2.45, 2.75) is 62.7 Å². The van der Waals surface area contributed by atoms with E-state index in [1.165, 1.54) is 24.8 Å². The first-order valence-corrected chi connectivity index (χ1v) is 15.9. The molecule has 2 aromatic heterocycles. The molecule has 216 valence electrons. The maximum Gasteiger partial charge on any atom is 0.263 e. The van der Waals surface area contributed by atoms with E-state index in [0.29, 0.717) is 23.6 Å². The normalized spacial score (nSPS) is 17.6. The lowest BCUT2D eigenvalue weighted by molar-refractivity contribution is 0.0982. The van der Waals surface area contributed by atoms with Gasteiger partial charge in [-0.1, -0.05) is 25.3 Å². The molecule has 8 nitrogen and oxygen atoms in total. The van der Waals surface area contributed by atoms with Gasteiger partial charge in [0, 0.05) is 29.1 Å². The second-order valence-corrected chi connectivity index (χ2v) is 13.1. The molecule has 2 aliphatic carbocycles. The van der Waals surface area contributed by atoms with Crippen molar-refractivity contribution in [3.8, 4) is 17.0 Å². The van der Waals surface area contributed by atoms with Gasteiger partial charge >= 0.3 is 0 Å². The number of aromatic nitrogens is 3. The predicted octanol–water partition coefficient (Wildman–Crippen LogP) is 6.02. The Hall–Kier alpha value is -3.98. The number of hydrogen-bond donors (Lipinski definition) is 1. The number of ether oxygens (including phenoxy) is 1. The quantitative estimate of drug-likeness (QED) is 0.269. The number of carbonyl (C=O) groups excluding carboxylic acids is 2. The fourth-order valence-corrected chi connectivity index (χ4v) is 7.81. The molecule has 2 saturated carbocycles. The maximum absolute atomic E-state index is 13.2. The zero-order valence-corrected chi connectivity index (χ0v) is 24.7. The van der Waals surface area contributed by atoms with Gasteiger partial charge in [-0.15, -0.1) is 0 Å². The molecule has 0 saturated heterocycles. The fraction of sp³-hybridized carbons (Fsp3) is 0.364. The van der Waals surface area contributed by atoms with Crippen LogP contribution in [-0.2, 0) is 24.6 Å². The number of fused-ring (bicyclic) bond motifs is 5. The van der Waals surface area contributed by atoms with Gasteiger partial charge in [0.05, 0.1) is 42.1 Å². The second kappa shape index (κ2) is 10.7. The molecule has 0 bridgehead atoms. The van der Waals surface area contributed by atoms with Crippen LogP contribution in [0.2, 0.25) is 0 Å². The van der Waals surface area contributed by atoms with Crippen LogP contribution in [0.15, 0.2) is 42.6 Å². The smallest absolute Gasteiger partial charge is 0.263 e. The monoisotopic (exact) mass is 582 g/mol. The molecule has 2 fully saturated rings. The van der Waals surface area contributed by atoms with E-state index in [1.54, 1.807) is 18.0 Å². The lowest BCUT2D eigenvalue weighted by atomic mass is 9.81. The van der Waals surface area contributed by atoms with Crippen LogP contribution in [0.5, 0.6) is 5.75 Å². The van der Waals surface area contributed by atoms with Crippen molar-refractivity contribution in [1.82, 2.24) is 19.1 Å². The van der Waals surface area contributed by atoms with Crippen LogP contribution < -0.4 is 9.46 Å². The van der Waals surface area contributed by atoms with Crippen molar-refractivity contribution in [3.05, 3.63) is 70.5 Å². The third-order valence-corrected chi connectivity index (χ3v) is 10.4. The summed E-state index contributed by atoms with van der Waals surface area (Å²) in [5, 5.41) is 5.59. The molecule has 1 unspecified atom stereocenters. The van der Waals surface area contributed by atoms with Crippen molar-refractivity contribution < 1.29 is 18.5 Å². The van der Waals surface area contributed by atoms with Gasteiger partial charge in [-0.25, -0.2) is 4.21 Å². The summed E-state index contributed by atoms with van der Waals surface area (Å²) in [6.07, 6.45) is 12.3. The third-order valence-electron chi connectivity index (χ3n) is 8.97. The molecule has 0 spiro atoms. The van der Waals surface area contributed by atoms with E-state index in [-0.39, 0.29) is 11.2 Å². The Morgan fingerprint density at radius 3 is 2.62 bits per heavy atom. The maximum atomic E-state index is 13.2. The summed E-state index contributed by atoms with van der Waals surface area (Å²) < 4.78 is 24.9. The minimum absolute atomic E-state index is 0.0623. The van der Waals surface area contributed by atoms with E-state index in [1.807, 2.05) is 25.2 Å². The number of aryl methyl sites for hydroxylation is 1. The van der Waals surface area contributed by atoms with Crippen LogP contribution in [0.3, 0.4) is 0 Å². The molecule has 3 heterocycles. The largest absolute Gasteiger partial charge is 0.497 e. The van der Waals surface area contributed by atoms with Crippen LogP contribution >= 0.6 is 0 Å². The van der Waals surface area contributed by atoms with E-state index in [2.05, 4.69) is 38.7 Å². The Balaban J connectivity index is 1.47. The molecule has 3 aliphatic rings. The van der Waals surface area contributed by atoms with Crippen molar-refractivity contribution in [2.75, 3.05) is 7.11 Å². The molecule has 2 aromatic carbocycles. The summed E-state index contributed by atoms with van der Waals surface area (Å²) in [6.45, 7) is 0.495. The highest BCUT2D eigenvalue weighted by atomic mass is 32.2. The first kappa shape index (κ1) is 26.9. The second-order valence-electron chi connectivity index (χ2n) is 11.7. The van der Waals surface area contributed by atoms with Gasteiger partial charge in [0.2, 0.25) is 0 Å². The number of hydrogen-bond acceptors (Lipinski definition) is 5. The lowest BCUT2D eigenvalue weighted by Crippen LogP contribution is -2.27. The van der Waals surface area contributed by atoms with Crippen LogP contribution in [0.4, 0.5) is 0 Å². The molecule has 4 aromatic rings. The molecule has 0 radical (unpaired) electrons. The van der Waals surface area contributed by atoms with Gasteiger partial charge in [-0.05, 0) is 84.7 Å². The van der Waals surface area contributed by atoms with E-state index in [9.17, 15) is 13.8 Å². The van der Waals surface area contributed by atoms with E-state index < -0.39 is 11.0 Å². The number of nitrogens with zero attached hydrogens (tertiary/aromatic N) is 3. The van der Waals surface area contributed by atoms with Gasteiger partial charge in [0.15, 0.2) is 6.29 Å². The summed E-state index contributed by atoms with van der Waals surface area (Å²) in [5.41, 5.74) is 8.27. The average molecular weight is 583 g/mol. The summed E-state index contributed by atoms with van der Waals surface area (Å²) in [7, 11) is 2.16. The van der Waals surface area contributed by atoms with Crippen LogP contribution in [0.1, 0.15) is 88.4 Å². The van der Waals surface area contributed by atoms with Gasteiger partial charge < -0.3 is 9.30 Å². The highest BCUT2D eigenvalue weighted by Gasteiger charge is 2.32. The van der Waals surface area contributed by atoms with E-state index >= 15 is 0 Å². The number of carbonyl (C=O) groups is 2. The minimum Gasteiger partial charge on any atom is -0.497 e. The highest BCUT2D eigenvalue weighted by Crippen LogP contribution is 2.47. The van der Waals surface area contributed by atoms with Gasteiger partial charge in [0.25, 0.3) is 5.91 Å². The number of benzene rings is 2. The number of methoxy groups -OCH3 is 1. The molecule has 1 amide bonds. The molecule has 1 atom stereocenters. The minimum atomic E-state index is -1.36. The molecular formula is C33H34N4O4S. The van der Waals surface area contributed by atoms with Crippen molar-refractivity contribution in [1.29, 1.82) is 0 Å². The summed E-state index contributed by atoms with van der Waals surface area (Å²) in [4.78, 5) is 25.3. The standard InChI is InChI=1S/C33H34N4O4S/c1-36-31(24(19-38)17-34-36)23-14-22-15-25(41-2)9-13-27(22)32-30(20-6-4-3-5-7-20)28-12-8-21(16-29(28)37(32)18-23)33(39)35-42(40)26-10-11-26/h8-9,12-17,19-20,26H,3-7,10-11,18H2,1-2H3,(H,35,39). The summed E-state index contributed by atoms with van der Waals surface area (Å²) >= 11 is 0. The molecule has 1 N–H and O–H groups in total. The van der Waals surface area contributed by atoms with Gasteiger partial charge in [0.1, 0.15) is 16.7 Å². The Morgan fingerprint density at radius 1 is 1.07 bits per heavy atom. The van der Waals surface area contributed by atoms with Crippen molar-refractivity contribution in [2.24, 2.45) is 7.05 Å². The number of allylic oxidation sites excluding steroid dienone is 1. The first-order valence-electron chi connectivity index (χ1n) is 14.7. The van der Waals surface area contributed by atoms with Crippen LogP contribution in [0.25, 0.3) is 33.8 Å². The fourth-order valence-electron chi connectivity index (χ4n) is 6.78.